The summed E-state index contributed by atoms with van der Waals surface area (Å²) in [4.78, 5) is 26.7. The van der Waals surface area contributed by atoms with Crippen molar-refractivity contribution < 1.29 is 14.3 Å². The van der Waals surface area contributed by atoms with Crippen LogP contribution in [0.5, 0.6) is 5.75 Å². The first kappa shape index (κ1) is 18.7. The maximum absolute atomic E-state index is 12.7. The van der Waals surface area contributed by atoms with E-state index in [-0.39, 0.29) is 23.8 Å². The molecule has 0 saturated carbocycles. The highest BCUT2D eigenvalue weighted by Crippen LogP contribution is 2.35. The highest BCUT2D eigenvalue weighted by atomic mass is 79.9. The summed E-state index contributed by atoms with van der Waals surface area (Å²) in [6.07, 6.45) is 1.75. The van der Waals surface area contributed by atoms with Gasteiger partial charge in [-0.15, -0.1) is 0 Å². The van der Waals surface area contributed by atoms with E-state index in [1.54, 1.807) is 6.08 Å². The molecule has 0 spiro atoms. The largest absolute Gasteiger partial charge is 0.490 e. The first-order chi connectivity index (χ1) is 12.4. The summed E-state index contributed by atoms with van der Waals surface area (Å²) in [6.45, 7) is 4.15. The third-order valence-corrected chi connectivity index (χ3v) is 5.07. The predicted molar refractivity (Wildman–Crippen MR) is 108 cm³/mol. The molecule has 0 aromatic heterocycles. The normalized spacial score (nSPS) is 16.0. The first-order valence-electron chi connectivity index (χ1n) is 8.19. The maximum Gasteiger partial charge on any atom is 0.293 e. The number of imide groups is 1. The van der Waals surface area contributed by atoms with Gasteiger partial charge in [0.25, 0.3) is 11.1 Å². The molecule has 1 fully saturated rings. The lowest BCUT2D eigenvalue weighted by Crippen LogP contribution is -2.27. The number of carbonyl (C=O) groups is 2. The first-order valence-corrected chi connectivity index (χ1v) is 9.80. The molecule has 1 aliphatic heterocycles. The minimum absolute atomic E-state index is 0.0242. The van der Waals surface area contributed by atoms with Crippen LogP contribution >= 0.6 is 27.7 Å². The van der Waals surface area contributed by atoms with E-state index >= 15 is 0 Å². The molecule has 6 heteroatoms. The van der Waals surface area contributed by atoms with E-state index in [1.165, 1.54) is 4.90 Å². The molecule has 0 N–H and O–H groups in total. The monoisotopic (exact) mass is 431 g/mol. The highest BCUT2D eigenvalue weighted by molar-refractivity contribution is 9.10. The van der Waals surface area contributed by atoms with E-state index in [0.717, 1.165) is 27.4 Å². The van der Waals surface area contributed by atoms with Crippen molar-refractivity contribution in [2.75, 3.05) is 0 Å². The molecule has 134 valence electrons. The van der Waals surface area contributed by atoms with Crippen molar-refractivity contribution in [2.24, 2.45) is 0 Å². The van der Waals surface area contributed by atoms with Gasteiger partial charge in [0.2, 0.25) is 0 Å². The van der Waals surface area contributed by atoms with Crippen LogP contribution in [0.15, 0.2) is 57.9 Å². The van der Waals surface area contributed by atoms with Crippen molar-refractivity contribution in [3.63, 3.8) is 0 Å². The Morgan fingerprint density at radius 3 is 2.65 bits per heavy atom. The van der Waals surface area contributed by atoms with Gasteiger partial charge in [-0.25, -0.2) is 0 Å². The molecule has 0 unspecified atom stereocenters. The van der Waals surface area contributed by atoms with Gasteiger partial charge in [-0.2, -0.15) is 0 Å². The summed E-state index contributed by atoms with van der Waals surface area (Å²) in [7, 11) is 0. The molecule has 4 nitrogen and oxygen atoms in total. The number of carbonyl (C=O) groups excluding carboxylic acids is 2. The molecule has 0 aliphatic carbocycles. The van der Waals surface area contributed by atoms with Gasteiger partial charge in [-0.1, -0.05) is 46.3 Å². The zero-order valence-electron chi connectivity index (χ0n) is 14.4. The summed E-state index contributed by atoms with van der Waals surface area (Å²) >= 11 is 4.37. The number of nitrogens with zero attached hydrogens (tertiary/aromatic N) is 1. The average molecular weight is 432 g/mol. The number of hydrogen-bond acceptors (Lipinski definition) is 4. The Kier molecular flexibility index (Phi) is 5.84. The summed E-state index contributed by atoms with van der Waals surface area (Å²) in [5.41, 5.74) is 1.68. The van der Waals surface area contributed by atoms with Crippen molar-refractivity contribution in [1.29, 1.82) is 0 Å². The third-order valence-electron chi connectivity index (χ3n) is 3.67. The number of rotatable bonds is 5. The molecule has 0 bridgehead atoms. The molecule has 26 heavy (non-hydrogen) atoms. The second-order valence-corrected chi connectivity index (χ2v) is 8.01. The minimum Gasteiger partial charge on any atom is -0.490 e. The fourth-order valence-corrected chi connectivity index (χ4v) is 3.83. The fraction of sp³-hybridized carbons (Fsp3) is 0.200. The SMILES string of the molecule is CC(C)Oc1ccccc1/C=C1\SC(=O)N(Cc2cccc(Br)c2)C1=O. The molecule has 1 aliphatic rings. The lowest BCUT2D eigenvalue weighted by Gasteiger charge is -2.13. The topological polar surface area (TPSA) is 46.6 Å². The van der Waals surface area contributed by atoms with Crippen molar-refractivity contribution >= 4 is 44.9 Å². The van der Waals surface area contributed by atoms with Crippen LogP contribution in [0, 0.1) is 0 Å². The molecule has 0 atom stereocenters. The Hall–Kier alpha value is -2.05. The second-order valence-electron chi connectivity index (χ2n) is 6.10. The van der Waals surface area contributed by atoms with Crippen LogP contribution in [-0.2, 0) is 11.3 Å². The van der Waals surface area contributed by atoms with E-state index in [0.29, 0.717) is 10.7 Å². The average Bonchev–Trinajstić information content (AvgIpc) is 2.84. The number of amides is 2. The molecule has 2 aromatic rings. The van der Waals surface area contributed by atoms with E-state index < -0.39 is 0 Å². The van der Waals surface area contributed by atoms with Gasteiger partial charge in [-0.3, -0.25) is 14.5 Å². The van der Waals surface area contributed by atoms with Crippen LogP contribution in [0.2, 0.25) is 0 Å². The molecular weight excluding hydrogens is 414 g/mol. The van der Waals surface area contributed by atoms with Crippen LogP contribution in [-0.4, -0.2) is 22.2 Å². The van der Waals surface area contributed by atoms with Gasteiger partial charge in [0, 0.05) is 10.0 Å². The number of hydrogen-bond donors (Lipinski definition) is 0. The molecule has 2 amide bonds. The Bertz CT molecular complexity index is 879. The summed E-state index contributed by atoms with van der Waals surface area (Å²) < 4.78 is 6.70. The van der Waals surface area contributed by atoms with Crippen LogP contribution < -0.4 is 4.74 Å². The van der Waals surface area contributed by atoms with E-state index in [2.05, 4.69) is 15.9 Å². The summed E-state index contributed by atoms with van der Waals surface area (Å²) in [5.74, 6) is 0.417. The van der Waals surface area contributed by atoms with E-state index in [9.17, 15) is 9.59 Å². The molecule has 0 radical (unpaired) electrons. The molecule has 2 aromatic carbocycles. The van der Waals surface area contributed by atoms with Crippen molar-refractivity contribution in [3.8, 4) is 5.75 Å². The van der Waals surface area contributed by atoms with Crippen molar-refractivity contribution in [1.82, 2.24) is 4.90 Å². The van der Waals surface area contributed by atoms with Crippen LogP contribution in [0.25, 0.3) is 6.08 Å². The van der Waals surface area contributed by atoms with Crippen LogP contribution in [0.4, 0.5) is 4.79 Å². The number of halogens is 1. The van der Waals surface area contributed by atoms with E-state index in [4.69, 9.17) is 4.74 Å². The second kappa shape index (κ2) is 8.10. The smallest absolute Gasteiger partial charge is 0.293 e. The van der Waals surface area contributed by atoms with Gasteiger partial charge in [0.1, 0.15) is 5.75 Å². The van der Waals surface area contributed by atoms with Crippen LogP contribution in [0.1, 0.15) is 25.0 Å². The number of para-hydroxylation sites is 1. The zero-order chi connectivity index (χ0) is 18.7. The van der Waals surface area contributed by atoms with Crippen molar-refractivity contribution in [2.45, 2.75) is 26.5 Å². The predicted octanol–water partition coefficient (Wildman–Crippen LogP) is 5.47. The van der Waals surface area contributed by atoms with Gasteiger partial charge in [0.05, 0.1) is 17.6 Å². The van der Waals surface area contributed by atoms with Gasteiger partial charge in [-0.05, 0) is 55.4 Å². The number of benzene rings is 2. The van der Waals surface area contributed by atoms with E-state index in [1.807, 2.05) is 62.4 Å². The fourth-order valence-electron chi connectivity index (χ4n) is 2.56. The van der Waals surface area contributed by atoms with Gasteiger partial charge >= 0.3 is 0 Å². The number of thioether (sulfide) groups is 1. The molecule has 1 saturated heterocycles. The Balaban J connectivity index is 1.84. The van der Waals surface area contributed by atoms with Crippen LogP contribution in [0.3, 0.4) is 0 Å². The number of ether oxygens (including phenoxy) is 1. The van der Waals surface area contributed by atoms with Crippen molar-refractivity contribution in [3.05, 3.63) is 69.0 Å². The summed E-state index contributed by atoms with van der Waals surface area (Å²) in [6, 6.07) is 15.1. The Labute approximate surface area is 165 Å². The lowest BCUT2D eigenvalue weighted by molar-refractivity contribution is -0.123. The lowest BCUT2D eigenvalue weighted by atomic mass is 10.1. The Morgan fingerprint density at radius 2 is 1.92 bits per heavy atom. The molecule has 3 rings (SSSR count). The standard InChI is InChI=1S/C20H18BrNO3S/c1-13(2)25-17-9-4-3-7-15(17)11-18-19(23)22(20(24)26-18)12-14-6-5-8-16(21)10-14/h3-11,13H,12H2,1-2H3/b18-11-. The van der Waals surface area contributed by atoms with Gasteiger partial charge in [0.15, 0.2) is 0 Å². The highest BCUT2D eigenvalue weighted by Gasteiger charge is 2.35. The maximum atomic E-state index is 12.7. The zero-order valence-corrected chi connectivity index (χ0v) is 16.8. The van der Waals surface area contributed by atoms with Gasteiger partial charge < -0.3 is 4.74 Å². The third kappa shape index (κ3) is 4.37. The molecule has 1 heterocycles. The Morgan fingerprint density at radius 1 is 1.15 bits per heavy atom. The molecular formula is C20H18BrNO3S. The summed E-state index contributed by atoms with van der Waals surface area (Å²) in [5, 5.41) is -0.261. The quantitative estimate of drug-likeness (QED) is 0.588. The minimum atomic E-state index is -0.278.